The monoisotopic (exact) mass is 741 g/mol. The fourth-order valence-corrected chi connectivity index (χ4v) is 7.94. The highest BCUT2D eigenvalue weighted by molar-refractivity contribution is 6.11. The number of nitrogens with zero attached hydrogens (tertiary/aromatic N) is 3. The van der Waals surface area contributed by atoms with Crippen molar-refractivity contribution in [2.24, 2.45) is 0 Å². The minimum Gasteiger partial charge on any atom is -0.308 e. The lowest BCUT2D eigenvalue weighted by atomic mass is 9.85. The topological polar surface area (TPSA) is 30.7 Å². The van der Waals surface area contributed by atoms with Crippen LogP contribution in [0.5, 0.6) is 0 Å². The Morgan fingerprint density at radius 1 is 0.632 bits per heavy atom. The largest absolute Gasteiger partial charge is 0.308 e. The first-order chi connectivity index (χ1) is 27.4. The number of hydrogen-bond acceptors (Lipinski definition) is 2. The maximum Gasteiger partial charge on any atom is 0.160 e. The van der Waals surface area contributed by atoms with E-state index in [4.69, 9.17) is 9.97 Å². The van der Waals surface area contributed by atoms with Crippen molar-refractivity contribution in [1.82, 2.24) is 14.5 Å². The molecule has 0 atom stereocenters. The molecule has 0 bridgehead atoms. The van der Waals surface area contributed by atoms with Gasteiger partial charge < -0.3 is 4.57 Å². The van der Waals surface area contributed by atoms with Crippen LogP contribution < -0.4 is 0 Å². The number of rotatable bonds is 8. The summed E-state index contributed by atoms with van der Waals surface area (Å²) in [7, 11) is 0. The first-order valence-corrected chi connectivity index (χ1v) is 20.0. The number of hydrogen-bond donors (Lipinski definition) is 0. The van der Waals surface area contributed by atoms with Crippen LogP contribution in [0.2, 0.25) is 0 Å². The lowest BCUT2D eigenvalue weighted by Crippen LogP contribution is -2.10. The first-order valence-electron chi connectivity index (χ1n) is 20.0. The summed E-state index contributed by atoms with van der Waals surface area (Å²) in [5.74, 6) is 0.701. The Kier molecular flexibility index (Phi) is 9.87. The van der Waals surface area contributed by atoms with Gasteiger partial charge in [-0.2, -0.15) is 0 Å². The molecular weight excluding hydrogens is 691 g/mol. The third-order valence-corrected chi connectivity index (χ3v) is 11.1. The second kappa shape index (κ2) is 15.0. The van der Waals surface area contributed by atoms with Gasteiger partial charge in [-0.15, -0.1) is 0 Å². The molecule has 282 valence electrons. The van der Waals surface area contributed by atoms with Crippen molar-refractivity contribution in [3.8, 4) is 39.5 Å². The Labute approximate surface area is 338 Å². The molecule has 0 radical (unpaired) electrons. The first kappa shape index (κ1) is 37.6. The summed E-state index contributed by atoms with van der Waals surface area (Å²) in [6.07, 6.45) is 14.6. The fraction of sp³-hybridized carbons (Fsp3) is 0.185. The summed E-state index contributed by atoms with van der Waals surface area (Å²) in [5, 5.41) is 2.49. The molecule has 0 fully saturated rings. The average Bonchev–Trinajstić information content (AvgIpc) is 3.55. The van der Waals surface area contributed by atoms with E-state index in [1.165, 1.54) is 21.9 Å². The zero-order chi connectivity index (χ0) is 39.9. The molecule has 7 aromatic rings. The molecule has 2 aromatic heterocycles. The Bertz CT molecular complexity index is 2690. The van der Waals surface area contributed by atoms with Crippen LogP contribution in [0, 0.1) is 0 Å². The Morgan fingerprint density at radius 2 is 1.23 bits per heavy atom. The normalized spacial score (nSPS) is 13.6. The zero-order valence-electron chi connectivity index (χ0n) is 34.1. The van der Waals surface area contributed by atoms with E-state index in [2.05, 4.69) is 181 Å². The fourth-order valence-electron chi connectivity index (χ4n) is 7.94. The van der Waals surface area contributed by atoms with Crippen LogP contribution in [0.3, 0.4) is 0 Å². The quantitative estimate of drug-likeness (QED) is 0.145. The summed E-state index contributed by atoms with van der Waals surface area (Å²) in [5.41, 5.74) is 15.1. The van der Waals surface area contributed by atoms with Gasteiger partial charge in [0.15, 0.2) is 5.82 Å². The van der Waals surface area contributed by atoms with Crippen LogP contribution in [-0.2, 0) is 10.8 Å². The van der Waals surface area contributed by atoms with E-state index in [0.717, 1.165) is 79.9 Å². The molecule has 1 aliphatic carbocycles. The molecule has 0 spiro atoms. The van der Waals surface area contributed by atoms with Gasteiger partial charge in [0.2, 0.25) is 0 Å². The van der Waals surface area contributed by atoms with Gasteiger partial charge in [0, 0.05) is 33.0 Å². The van der Waals surface area contributed by atoms with Gasteiger partial charge in [0.1, 0.15) is 0 Å². The summed E-state index contributed by atoms with van der Waals surface area (Å²) in [6.45, 7) is 22.2. The third-order valence-electron chi connectivity index (χ3n) is 11.1. The predicted molar refractivity (Wildman–Crippen MR) is 245 cm³/mol. The molecule has 0 aliphatic heterocycles. The van der Waals surface area contributed by atoms with Crippen molar-refractivity contribution in [2.45, 2.75) is 65.2 Å². The van der Waals surface area contributed by atoms with Gasteiger partial charge in [0.25, 0.3) is 0 Å². The summed E-state index contributed by atoms with van der Waals surface area (Å²) in [6, 6.07) is 41.8. The maximum atomic E-state index is 5.30. The van der Waals surface area contributed by atoms with E-state index in [1.807, 2.05) is 30.4 Å². The second-order valence-corrected chi connectivity index (χ2v) is 17.1. The van der Waals surface area contributed by atoms with Crippen molar-refractivity contribution in [3.05, 3.63) is 187 Å². The molecule has 5 aromatic carbocycles. The van der Waals surface area contributed by atoms with Gasteiger partial charge in [-0.1, -0.05) is 164 Å². The summed E-state index contributed by atoms with van der Waals surface area (Å²) < 4.78 is 2.48. The molecule has 3 nitrogen and oxygen atoms in total. The molecule has 0 unspecified atom stereocenters. The highest BCUT2D eigenvalue weighted by Gasteiger charge is 2.25. The SMILES string of the molecule is C=C/C=C(\C=C)c1cc(-c2cc(C3=CCCC=C3)nc(-c3ccccc3)n2)cc(-c2ccccc2)c1-n1c2ccc(C(C)(C)C)cc2c2cc(C(C)(C)C)ccc21. The molecule has 0 N–H and O–H groups in total. The van der Waals surface area contributed by atoms with Crippen LogP contribution in [0.4, 0.5) is 0 Å². The summed E-state index contributed by atoms with van der Waals surface area (Å²) in [4.78, 5) is 10.4. The van der Waals surface area contributed by atoms with Gasteiger partial charge in [-0.3, -0.25) is 0 Å². The Morgan fingerprint density at radius 3 is 1.77 bits per heavy atom. The third kappa shape index (κ3) is 7.27. The van der Waals surface area contributed by atoms with E-state index in [-0.39, 0.29) is 10.8 Å². The van der Waals surface area contributed by atoms with Crippen molar-refractivity contribution >= 4 is 33.0 Å². The maximum absolute atomic E-state index is 5.30. The molecule has 8 rings (SSSR count). The van der Waals surface area contributed by atoms with Gasteiger partial charge in [0.05, 0.1) is 28.1 Å². The molecule has 57 heavy (non-hydrogen) atoms. The lowest BCUT2D eigenvalue weighted by Gasteiger charge is -2.22. The lowest BCUT2D eigenvalue weighted by molar-refractivity contribution is 0.590. The van der Waals surface area contributed by atoms with E-state index < -0.39 is 0 Å². The van der Waals surface area contributed by atoms with Crippen molar-refractivity contribution < 1.29 is 0 Å². The molecule has 0 saturated carbocycles. The second-order valence-electron chi connectivity index (χ2n) is 17.1. The van der Waals surface area contributed by atoms with Gasteiger partial charge in [-0.25, -0.2) is 9.97 Å². The predicted octanol–water partition coefficient (Wildman–Crippen LogP) is 14.7. The minimum absolute atomic E-state index is 0.00652. The number of aromatic nitrogens is 3. The summed E-state index contributed by atoms with van der Waals surface area (Å²) >= 11 is 0. The minimum atomic E-state index is -0.00652. The Hall–Kier alpha value is -6.32. The van der Waals surface area contributed by atoms with Gasteiger partial charge >= 0.3 is 0 Å². The molecule has 0 amide bonds. The zero-order valence-corrected chi connectivity index (χ0v) is 34.1. The molecule has 1 aliphatic rings. The van der Waals surface area contributed by atoms with E-state index in [1.54, 1.807) is 0 Å². The van der Waals surface area contributed by atoms with Crippen LogP contribution in [0.15, 0.2) is 165 Å². The van der Waals surface area contributed by atoms with Crippen LogP contribution in [-0.4, -0.2) is 14.5 Å². The van der Waals surface area contributed by atoms with Gasteiger partial charge in [-0.05, 0) is 94.0 Å². The smallest absolute Gasteiger partial charge is 0.160 e. The number of benzene rings is 5. The van der Waals surface area contributed by atoms with E-state index in [9.17, 15) is 0 Å². The van der Waals surface area contributed by atoms with Crippen molar-refractivity contribution in [1.29, 1.82) is 0 Å². The van der Waals surface area contributed by atoms with Crippen molar-refractivity contribution in [2.75, 3.05) is 0 Å². The molecule has 2 heterocycles. The Balaban J connectivity index is 1.51. The molecule has 3 heteroatoms. The van der Waals surface area contributed by atoms with E-state index >= 15 is 0 Å². The molecular formula is C54H51N3. The van der Waals surface area contributed by atoms with Crippen molar-refractivity contribution in [3.63, 3.8) is 0 Å². The molecule has 0 saturated heterocycles. The van der Waals surface area contributed by atoms with Crippen LogP contribution >= 0.6 is 0 Å². The standard InChI is InChI=1S/C54H51N3/c1-9-20-36(10-2)43-31-40(48-35-47(38-23-16-12-17-24-38)55-52(56-48)39-25-18-13-19-26-39)32-44(37-21-14-11-15-22-37)51(43)57-49-29-27-41(53(3,4)5)33-45(49)46-34-42(54(6,7)8)28-30-50(46)57/h9-11,13-16,18-35H,1-2,12,17H2,3-8H3/b36-20+. The van der Waals surface area contributed by atoms with Crippen LogP contribution in [0.25, 0.3) is 72.4 Å². The average molecular weight is 742 g/mol. The van der Waals surface area contributed by atoms with E-state index in [0.29, 0.717) is 5.82 Å². The number of fused-ring (bicyclic) bond motifs is 3. The number of allylic oxidation sites excluding steroid dienone is 8. The van der Waals surface area contributed by atoms with Crippen LogP contribution in [0.1, 0.15) is 76.8 Å². The highest BCUT2D eigenvalue weighted by atomic mass is 15.0. The highest BCUT2D eigenvalue weighted by Crippen LogP contribution is 2.44.